The predicted molar refractivity (Wildman–Crippen MR) is 120 cm³/mol. The summed E-state index contributed by atoms with van der Waals surface area (Å²) < 4.78 is 0. The fourth-order valence-electron chi connectivity index (χ4n) is 2.95. The van der Waals surface area contributed by atoms with Gasteiger partial charge >= 0.3 is 0 Å². The van der Waals surface area contributed by atoms with Crippen molar-refractivity contribution in [2.24, 2.45) is 0 Å². The van der Waals surface area contributed by atoms with E-state index in [0.29, 0.717) is 34.9 Å². The second-order valence-corrected chi connectivity index (χ2v) is 7.30. The van der Waals surface area contributed by atoms with Crippen LogP contribution in [0.25, 0.3) is 11.3 Å². The van der Waals surface area contributed by atoms with Gasteiger partial charge in [-0.15, -0.1) is 0 Å². The van der Waals surface area contributed by atoms with Gasteiger partial charge in [0.2, 0.25) is 5.91 Å². The van der Waals surface area contributed by atoms with Crippen LogP contribution in [0.1, 0.15) is 47.8 Å². The van der Waals surface area contributed by atoms with E-state index in [9.17, 15) is 10.1 Å². The minimum atomic E-state index is -0.494. The average molecular weight is 419 g/mol. The van der Waals surface area contributed by atoms with Crippen molar-refractivity contribution >= 4 is 30.0 Å². The third kappa shape index (κ3) is 4.75. The molecule has 3 rings (SSSR count). The Hall–Kier alpha value is -3.44. The van der Waals surface area contributed by atoms with Gasteiger partial charge in [0.15, 0.2) is 0 Å². The molecule has 7 nitrogen and oxygen atoms in total. The molecular formula is C22H22N6OS. The number of aromatic nitrogens is 3. The van der Waals surface area contributed by atoms with E-state index in [4.69, 9.17) is 5.73 Å². The van der Waals surface area contributed by atoms with E-state index in [2.05, 4.69) is 39.0 Å². The third-order valence-corrected chi connectivity index (χ3v) is 4.92. The summed E-state index contributed by atoms with van der Waals surface area (Å²) in [4.78, 5) is 25.1. The molecule has 0 aliphatic carbocycles. The quantitative estimate of drug-likeness (QED) is 0.520. The summed E-state index contributed by atoms with van der Waals surface area (Å²) in [5.41, 5.74) is 9.58. The fraction of sp³-hybridized carbons (Fsp3) is 0.227. The third-order valence-electron chi connectivity index (χ3n) is 4.42. The van der Waals surface area contributed by atoms with E-state index in [1.54, 1.807) is 24.3 Å². The number of hydrogen-bond acceptors (Lipinski definition) is 7. The second-order valence-electron chi connectivity index (χ2n) is 6.78. The molecule has 0 aliphatic rings. The van der Waals surface area contributed by atoms with Crippen LogP contribution in [-0.4, -0.2) is 20.9 Å². The van der Waals surface area contributed by atoms with E-state index in [0.717, 1.165) is 12.1 Å². The number of carbonyl (C=O) groups excluding carboxylic acids is 1. The SMILES string of the molecule is CCCC(=O)Nc1ccc(-c2nc(C(S)c3cccc(C)n3)nc(N)c2C#N)cc1. The van der Waals surface area contributed by atoms with E-state index >= 15 is 0 Å². The number of pyridine rings is 1. The first-order valence-corrected chi connectivity index (χ1v) is 10.0. The summed E-state index contributed by atoms with van der Waals surface area (Å²) in [6.07, 6.45) is 1.24. The molecule has 152 valence electrons. The van der Waals surface area contributed by atoms with Gasteiger partial charge < -0.3 is 11.1 Å². The largest absolute Gasteiger partial charge is 0.382 e. The maximum Gasteiger partial charge on any atom is 0.224 e. The van der Waals surface area contributed by atoms with Gasteiger partial charge in [-0.05, 0) is 37.6 Å². The molecule has 1 unspecified atom stereocenters. The van der Waals surface area contributed by atoms with Gasteiger partial charge in [0.05, 0.1) is 11.4 Å². The molecule has 1 aromatic carbocycles. The van der Waals surface area contributed by atoms with Crippen molar-refractivity contribution in [3.05, 3.63) is 65.2 Å². The molecule has 0 saturated carbocycles. The number of nitrogens with one attached hydrogen (secondary N) is 1. The van der Waals surface area contributed by atoms with Gasteiger partial charge in [-0.3, -0.25) is 9.78 Å². The second kappa shape index (κ2) is 9.37. The minimum Gasteiger partial charge on any atom is -0.382 e. The lowest BCUT2D eigenvalue weighted by Crippen LogP contribution is -2.10. The van der Waals surface area contributed by atoms with Crippen LogP contribution < -0.4 is 11.1 Å². The zero-order valence-corrected chi connectivity index (χ0v) is 17.6. The lowest BCUT2D eigenvalue weighted by Gasteiger charge is -2.14. The molecule has 0 fully saturated rings. The number of nitriles is 1. The number of benzene rings is 1. The smallest absolute Gasteiger partial charge is 0.224 e. The van der Waals surface area contributed by atoms with Crippen molar-refractivity contribution in [1.29, 1.82) is 5.26 Å². The molecule has 2 aromatic heterocycles. The number of carbonyl (C=O) groups is 1. The van der Waals surface area contributed by atoms with Gasteiger partial charge in [-0.25, -0.2) is 9.97 Å². The molecule has 3 N–H and O–H groups in total. The van der Waals surface area contributed by atoms with Gasteiger partial charge in [0.1, 0.15) is 28.5 Å². The highest BCUT2D eigenvalue weighted by molar-refractivity contribution is 7.80. The highest BCUT2D eigenvalue weighted by Crippen LogP contribution is 2.31. The molecule has 1 atom stereocenters. The Balaban J connectivity index is 1.98. The molecule has 0 aliphatic heterocycles. The standard InChI is InChI=1S/C22H22N6OS/c1-3-5-18(29)26-15-10-8-14(9-11-15)19-16(12-23)21(24)28-22(27-19)20(30)17-7-4-6-13(2)25-17/h4,6-11,20,30H,3,5H2,1-2H3,(H,26,29)(H2,24,27,28). The van der Waals surface area contributed by atoms with E-state index < -0.39 is 5.25 Å². The number of nitrogen functional groups attached to an aromatic ring is 1. The zero-order chi connectivity index (χ0) is 21.7. The fourth-order valence-corrected chi connectivity index (χ4v) is 3.21. The number of amides is 1. The summed E-state index contributed by atoms with van der Waals surface area (Å²) in [5.74, 6) is 0.410. The van der Waals surface area contributed by atoms with Crippen molar-refractivity contribution < 1.29 is 4.79 Å². The van der Waals surface area contributed by atoms with Crippen LogP contribution in [0.2, 0.25) is 0 Å². The van der Waals surface area contributed by atoms with E-state index in [1.807, 2.05) is 32.0 Å². The van der Waals surface area contributed by atoms with Crippen molar-refractivity contribution in [2.45, 2.75) is 31.9 Å². The van der Waals surface area contributed by atoms with Crippen LogP contribution >= 0.6 is 12.6 Å². The first kappa shape index (κ1) is 21.3. The molecule has 3 aromatic rings. The number of hydrogen-bond donors (Lipinski definition) is 3. The summed E-state index contributed by atoms with van der Waals surface area (Å²) in [7, 11) is 0. The molecule has 0 spiro atoms. The normalized spacial score (nSPS) is 11.5. The minimum absolute atomic E-state index is 0.0416. The van der Waals surface area contributed by atoms with Crippen LogP contribution in [0.5, 0.6) is 0 Å². The van der Waals surface area contributed by atoms with Gasteiger partial charge in [-0.1, -0.05) is 25.1 Å². The summed E-state index contributed by atoms with van der Waals surface area (Å²) in [6.45, 7) is 3.84. The summed E-state index contributed by atoms with van der Waals surface area (Å²) in [6, 6.07) is 14.8. The molecule has 0 bridgehead atoms. The topological polar surface area (TPSA) is 118 Å². The van der Waals surface area contributed by atoms with Gasteiger partial charge in [0, 0.05) is 23.4 Å². The Labute approximate surface area is 180 Å². The van der Waals surface area contributed by atoms with Gasteiger partial charge in [-0.2, -0.15) is 17.9 Å². The van der Waals surface area contributed by atoms with Gasteiger partial charge in [0.25, 0.3) is 0 Å². The Morgan fingerprint density at radius 3 is 2.57 bits per heavy atom. The molecule has 0 saturated heterocycles. The first-order valence-electron chi connectivity index (χ1n) is 9.52. The van der Waals surface area contributed by atoms with Crippen LogP contribution in [0.4, 0.5) is 11.5 Å². The lowest BCUT2D eigenvalue weighted by molar-refractivity contribution is -0.116. The first-order chi connectivity index (χ1) is 14.4. The molecule has 2 heterocycles. The number of rotatable bonds is 6. The van der Waals surface area contributed by atoms with E-state index in [-0.39, 0.29) is 17.3 Å². The Bertz CT molecular complexity index is 1110. The van der Waals surface area contributed by atoms with Crippen molar-refractivity contribution in [1.82, 2.24) is 15.0 Å². The molecular weight excluding hydrogens is 396 g/mol. The van der Waals surface area contributed by atoms with Crippen LogP contribution in [-0.2, 0) is 4.79 Å². The molecule has 8 heteroatoms. The summed E-state index contributed by atoms with van der Waals surface area (Å²) in [5, 5.41) is 11.9. The zero-order valence-electron chi connectivity index (χ0n) is 16.8. The van der Waals surface area contributed by atoms with Crippen LogP contribution in [0.3, 0.4) is 0 Å². The Kier molecular flexibility index (Phi) is 6.65. The predicted octanol–water partition coefficient (Wildman–Crippen LogP) is 4.06. The number of thiol groups is 1. The van der Waals surface area contributed by atoms with E-state index in [1.165, 1.54) is 0 Å². The lowest BCUT2D eigenvalue weighted by atomic mass is 10.1. The maximum atomic E-state index is 11.8. The van der Waals surface area contributed by atoms with Crippen LogP contribution in [0.15, 0.2) is 42.5 Å². The van der Waals surface area contributed by atoms with Crippen LogP contribution in [0, 0.1) is 18.3 Å². The number of aryl methyl sites for hydroxylation is 1. The number of nitrogens with zero attached hydrogens (tertiary/aromatic N) is 4. The molecule has 1 amide bonds. The monoisotopic (exact) mass is 418 g/mol. The Morgan fingerprint density at radius 1 is 1.20 bits per heavy atom. The highest BCUT2D eigenvalue weighted by Gasteiger charge is 2.20. The van der Waals surface area contributed by atoms with Crippen molar-refractivity contribution in [3.8, 4) is 17.3 Å². The van der Waals surface area contributed by atoms with Crippen molar-refractivity contribution in [3.63, 3.8) is 0 Å². The number of nitrogens with two attached hydrogens (primary N) is 1. The maximum absolute atomic E-state index is 11.8. The summed E-state index contributed by atoms with van der Waals surface area (Å²) >= 11 is 4.63. The van der Waals surface area contributed by atoms with Crippen molar-refractivity contribution in [2.75, 3.05) is 11.1 Å². The highest BCUT2D eigenvalue weighted by atomic mass is 32.1. The number of anilines is 2. The molecule has 0 radical (unpaired) electrons. The average Bonchev–Trinajstić information content (AvgIpc) is 2.73. The molecule has 30 heavy (non-hydrogen) atoms. The Morgan fingerprint density at radius 2 is 1.93 bits per heavy atom.